The number of carbonyl (C=O) groups is 1. The Kier molecular flexibility index (Phi) is 3.76. The highest BCUT2D eigenvalue weighted by molar-refractivity contribution is 5.94. The Labute approximate surface area is 154 Å². The van der Waals surface area contributed by atoms with Crippen LogP contribution in [0.15, 0.2) is 12.3 Å². The predicted molar refractivity (Wildman–Crippen MR) is 100 cm³/mol. The molecule has 0 atom stereocenters. The molecule has 10 nitrogen and oxygen atoms in total. The van der Waals surface area contributed by atoms with E-state index >= 15 is 0 Å². The van der Waals surface area contributed by atoms with Crippen molar-refractivity contribution in [1.29, 1.82) is 0 Å². The normalized spacial score (nSPS) is 11.4. The van der Waals surface area contributed by atoms with Crippen LogP contribution >= 0.6 is 0 Å². The van der Waals surface area contributed by atoms with Crippen molar-refractivity contribution in [2.75, 3.05) is 11.1 Å². The van der Waals surface area contributed by atoms with Gasteiger partial charge in [0, 0.05) is 29.4 Å². The van der Waals surface area contributed by atoms with Gasteiger partial charge in [0.2, 0.25) is 11.9 Å². The highest BCUT2D eigenvalue weighted by Gasteiger charge is 2.16. The fourth-order valence-corrected chi connectivity index (χ4v) is 3.22. The summed E-state index contributed by atoms with van der Waals surface area (Å²) in [5.74, 6) is 0.407. The van der Waals surface area contributed by atoms with Crippen molar-refractivity contribution in [1.82, 2.24) is 34.3 Å². The molecule has 0 bridgehead atoms. The maximum Gasteiger partial charge on any atom is 0.254 e. The zero-order chi connectivity index (χ0) is 19.3. The molecule has 3 N–H and O–H groups in total. The van der Waals surface area contributed by atoms with E-state index in [1.54, 1.807) is 15.4 Å². The summed E-state index contributed by atoms with van der Waals surface area (Å²) in [7, 11) is 1.84. The third kappa shape index (κ3) is 2.84. The minimum absolute atomic E-state index is 0.151. The van der Waals surface area contributed by atoms with E-state index in [2.05, 4.69) is 30.5 Å². The Morgan fingerprint density at radius 1 is 1.19 bits per heavy atom. The van der Waals surface area contributed by atoms with Gasteiger partial charge in [-0.2, -0.15) is 14.6 Å². The standard InChI is InChI=1S/C17H19N9O/c1-8-12(10(3)26-17(20-8)22-16(18)24-26)6-14(27)21-11-5-13-9(2)23-25(4)15(13)19-7-11/h5,7H,6H2,1-4H3,(H2,18,24)(H,21,27). The minimum atomic E-state index is -0.168. The molecule has 27 heavy (non-hydrogen) atoms. The number of nitrogens with zero attached hydrogens (tertiary/aromatic N) is 7. The predicted octanol–water partition coefficient (Wildman–Crippen LogP) is 1.09. The van der Waals surface area contributed by atoms with Gasteiger partial charge in [0.25, 0.3) is 5.78 Å². The van der Waals surface area contributed by atoms with Gasteiger partial charge in [-0.15, -0.1) is 5.10 Å². The molecule has 1 amide bonds. The second-order valence-electron chi connectivity index (χ2n) is 6.47. The van der Waals surface area contributed by atoms with Crippen molar-refractivity contribution in [3.63, 3.8) is 0 Å². The molecule has 0 fully saturated rings. The van der Waals surface area contributed by atoms with Crippen LogP contribution in [0, 0.1) is 20.8 Å². The van der Waals surface area contributed by atoms with Crippen LogP contribution in [0.3, 0.4) is 0 Å². The number of rotatable bonds is 3. The Morgan fingerprint density at radius 3 is 2.74 bits per heavy atom. The van der Waals surface area contributed by atoms with E-state index in [1.165, 1.54) is 0 Å². The number of nitrogens with one attached hydrogen (secondary N) is 1. The van der Waals surface area contributed by atoms with Crippen LogP contribution in [0.5, 0.6) is 0 Å². The molecule has 0 aliphatic heterocycles. The van der Waals surface area contributed by atoms with Crippen molar-refractivity contribution in [3.8, 4) is 0 Å². The van der Waals surface area contributed by atoms with Crippen molar-refractivity contribution in [2.45, 2.75) is 27.2 Å². The number of amides is 1. The first-order valence-corrected chi connectivity index (χ1v) is 8.41. The molecule has 0 spiro atoms. The van der Waals surface area contributed by atoms with Crippen molar-refractivity contribution in [3.05, 3.63) is 34.9 Å². The molecule has 0 aliphatic rings. The van der Waals surface area contributed by atoms with Gasteiger partial charge in [-0.25, -0.2) is 9.97 Å². The number of anilines is 2. The topological polar surface area (TPSA) is 129 Å². The first kappa shape index (κ1) is 16.9. The lowest BCUT2D eigenvalue weighted by molar-refractivity contribution is -0.115. The first-order chi connectivity index (χ1) is 12.8. The van der Waals surface area contributed by atoms with Crippen LogP contribution in [0.2, 0.25) is 0 Å². The molecule has 4 aromatic rings. The van der Waals surface area contributed by atoms with Crippen LogP contribution in [0.4, 0.5) is 11.6 Å². The SMILES string of the molecule is Cc1nc2nc(N)nn2c(C)c1CC(=O)Nc1cnc2c(c1)c(C)nn2C. The Bertz CT molecular complexity index is 1200. The second-order valence-corrected chi connectivity index (χ2v) is 6.47. The average molecular weight is 365 g/mol. The summed E-state index contributed by atoms with van der Waals surface area (Å²) in [6.45, 7) is 5.62. The van der Waals surface area contributed by atoms with Gasteiger partial charge in [0.15, 0.2) is 5.65 Å². The number of nitrogen functional groups attached to an aromatic ring is 1. The molecule has 0 unspecified atom stereocenters. The summed E-state index contributed by atoms with van der Waals surface area (Å²) in [5, 5.41) is 12.3. The quantitative estimate of drug-likeness (QED) is 0.556. The van der Waals surface area contributed by atoms with Crippen molar-refractivity contribution < 1.29 is 4.79 Å². The van der Waals surface area contributed by atoms with E-state index in [0.29, 0.717) is 11.5 Å². The highest BCUT2D eigenvalue weighted by atomic mass is 16.1. The van der Waals surface area contributed by atoms with Crippen LogP contribution in [-0.4, -0.2) is 40.3 Å². The van der Waals surface area contributed by atoms with Crippen LogP contribution in [-0.2, 0) is 18.3 Å². The molecule has 0 saturated carbocycles. The molecule has 4 heterocycles. The molecule has 0 aliphatic carbocycles. The van der Waals surface area contributed by atoms with Gasteiger partial charge in [-0.3, -0.25) is 9.48 Å². The number of aromatic nitrogens is 7. The van der Waals surface area contributed by atoms with E-state index < -0.39 is 0 Å². The van der Waals surface area contributed by atoms with Crippen LogP contribution in [0.25, 0.3) is 16.8 Å². The molecule has 4 aromatic heterocycles. The molecular formula is C17H19N9O. The number of hydrogen-bond acceptors (Lipinski definition) is 7. The minimum Gasteiger partial charge on any atom is -0.366 e. The number of aryl methyl sites for hydroxylation is 4. The largest absolute Gasteiger partial charge is 0.366 e. The average Bonchev–Trinajstić information content (AvgIpc) is 3.11. The summed E-state index contributed by atoms with van der Waals surface area (Å²) < 4.78 is 3.27. The number of nitrogens with two attached hydrogens (primary N) is 1. The van der Waals surface area contributed by atoms with E-state index in [4.69, 9.17) is 5.73 Å². The smallest absolute Gasteiger partial charge is 0.254 e. The third-order valence-corrected chi connectivity index (χ3v) is 4.55. The van der Waals surface area contributed by atoms with Gasteiger partial charge in [-0.05, 0) is 26.8 Å². The Morgan fingerprint density at radius 2 is 1.96 bits per heavy atom. The lowest BCUT2D eigenvalue weighted by atomic mass is 10.1. The fourth-order valence-electron chi connectivity index (χ4n) is 3.22. The van der Waals surface area contributed by atoms with Crippen molar-refractivity contribution >= 4 is 34.4 Å². The maximum atomic E-state index is 12.6. The lowest BCUT2D eigenvalue weighted by Crippen LogP contribution is -2.18. The van der Waals surface area contributed by atoms with E-state index in [1.807, 2.05) is 33.9 Å². The second kappa shape index (κ2) is 6.01. The highest BCUT2D eigenvalue weighted by Crippen LogP contribution is 2.20. The zero-order valence-electron chi connectivity index (χ0n) is 15.5. The zero-order valence-corrected chi connectivity index (χ0v) is 15.5. The first-order valence-electron chi connectivity index (χ1n) is 8.41. The van der Waals surface area contributed by atoms with Crippen LogP contribution in [0.1, 0.15) is 22.6 Å². The number of pyridine rings is 1. The summed E-state index contributed by atoms with van der Waals surface area (Å²) in [6.07, 6.45) is 1.78. The van der Waals surface area contributed by atoms with Gasteiger partial charge in [0.1, 0.15) is 0 Å². The van der Waals surface area contributed by atoms with Crippen molar-refractivity contribution in [2.24, 2.45) is 7.05 Å². The molecule has 10 heteroatoms. The number of carbonyl (C=O) groups excluding carboxylic acids is 1. The van der Waals surface area contributed by atoms with Gasteiger partial charge in [-0.1, -0.05) is 0 Å². The molecule has 138 valence electrons. The fraction of sp³-hybridized carbons (Fsp3) is 0.294. The Hall–Kier alpha value is -3.56. The lowest BCUT2D eigenvalue weighted by Gasteiger charge is -2.10. The third-order valence-electron chi connectivity index (χ3n) is 4.55. The van der Waals surface area contributed by atoms with Gasteiger partial charge < -0.3 is 11.1 Å². The van der Waals surface area contributed by atoms with Crippen LogP contribution < -0.4 is 11.1 Å². The summed E-state index contributed by atoms with van der Waals surface area (Å²) >= 11 is 0. The van der Waals surface area contributed by atoms with E-state index in [9.17, 15) is 4.79 Å². The monoisotopic (exact) mass is 365 g/mol. The molecule has 0 aromatic carbocycles. The van der Waals surface area contributed by atoms with Gasteiger partial charge in [0.05, 0.1) is 24.0 Å². The number of hydrogen-bond donors (Lipinski definition) is 2. The van der Waals surface area contributed by atoms with Gasteiger partial charge >= 0.3 is 0 Å². The maximum absolute atomic E-state index is 12.6. The van der Waals surface area contributed by atoms with E-state index in [0.717, 1.165) is 33.7 Å². The summed E-state index contributed by atoms with van der Waals surface area (Å²) in [5.41, 5.74) is 10.2. The molecule has 0 saturated heterocycles. The van der Waals surface area contributed by atoms with E-state index in [-0.39, 0.29) is 18.3 Å². The summed E-state index contributed by atoms with van der Waals surface area (Å²) in [4.78, 5) is 25.4. The Balaban J connectivity index is 1.61. The summed E-state index contributed by atoms with van der Waals surface area (Å²) in [6, 6.07) is 1.88. The molecule has 0 radical (unpaired) electrons. The number of fused-ring (bicyclic) bond motifs is 2. The molecular weight excluding hydrogens is 346 g/mol. The molecule has 4 rings (SSSR count).